The van der Waals surface area contributed by atoms with Crippen LogP contribution in [0.5, 0.6) is 0 Å². The molecule has 0 aromatic carbocycles. The summed E-state index contributed by atoms with van der Waals surface area (Å²) < 4.78 is 36.4. The maximum Gasteiger partial charge on any atom is 0.389 e. The number of rotatable bonds is 5. The van der Waals surface area contributed by atoms with Crippen LogP contribution in [0.4, 0.5) is 13.2 Å². The monoisotopic (exact) mass is 343 g/mol. The number of carbonyl (C=O) groups excluding carboxylic acids is 2. The number of carbonyl (C=O) groups is 2. The highest BCUT2D eigenvalue weighted by Gasteiger charge is 2.29. The lowest BCUT2D eigenvalue weighted by molar-refractivity contribution is -0.144. The van der Waals surface area contributed by atoms with E-state index < -0.39 is 24.9 Å². The van der Waals surface area contributed by atoms with Crippen LogP contribution in [0.2, 0.25) is 0 Å². The lowest BCUT2D eigenvalue weighted by Gasteiger charge is -2.30. The first-order valence-electron chi connectivity index (χ1n) is 7.90. The van der Waals surface area contributed by atoms with Crippen molar-refractivity contribution in [1.29, 1.82) is 0 Å². The second-order valence-corrected chi connectivity index (χ2v) is 5.95. The summed E-state index contributed by atoms with van der Waals surface area (Å²) in [7, 11) is 0. The smallest absolute Gasteiger partial charge is 0.353 e. The Morgan fingerprint density at radius 2 is 1.75 bits per heavy atom. The molecule has 1 aliphatic carbocycles. The molecular weight excluding hydrogens is 323 g/mol. The average molecular weight is 343 g/mol. The van der Waals surface area contributed by atoms with Gasteiger partial charge in [-0.25, -0.2) is 0 Å². The van der Waals surface area contributed by atoms with Gasteiger partial charge in [-0.3, -0.25) is 14.6 Å². The van der Waals surface area contributed by atoms with E-state index in [1.165, 1.54) is 12.4 Å². The van der Waals surface area contributed by atoms with Gasteiger partial charge in [0.2, 0.25) is 5.91 Å². The molecule has 2 amide bonds. The fraction of sp³-hybridized carbons (Fsp3) is 0.562. The van der Waals surface area contributed by atoms with Crippen molar-refractivity contribution < 1.29 is 22.8 Å². The number of halogens is 3. The van der Waals surface area contributed by atoms with E-state index in [0.29, 0.717) is 18.4 Å². The highest BCUT2D eigenvalue weighted by atomic mass is 19.4. The molecule has 1 fully saturated rings. The molecule has 0 saturated heterocycles. The summed E-state index contributed by atoms with van der Waals surface area (Å²) in [5.41, 5.74) is 0.501. The third-order valence-electron chi connectivity index (χ3n) is 3.95. The van der Waals surface area contributed by atoms with Crippen LogP contribution in [0.1, 0.15) is 48.9 Å². The lowest BCUT2D eigenvalue weighted by Crippen LogP contribution is -2.45. The van der Waals surface area contributed by atoms with Gasteiger partial charge in [0.1, 0.15) is 0 Å². The van der Waals surface area contributed by atoms with Gasteiger partial charge in [0.05, 0.1) is 6.42 Å². The van der Waals surface area contributed by atoms with Crippen LogP contribution in [0.25, 0.3) is 0 Å². The van der Waals surface area contributed by atoms with Crippen molar-refractivity contribution in [3.8, 4) is 0 Å². The Balaban J connectivity index is 1.79. The van der Waals surface area contributed by atoms with E-state index in [1.807, 2.05) is 0 Å². The van der Waals surface area contributed by atoms with Gasteiger partial charge in [0.15, 0.2) is 0 Å². The summed E-state index contributed by atoms with van der Waals surface area (Å²) in [5, 5.41) is 5.53. The van der Waals surface area contributed by atoms with Crippen LogP contribution in [0.15, 0.2) is 24.5 Å². The molecule has 8 heteroatoms. The molecule has 0 aliphatic heterocycles. The Morgan fingerprint density at radius 3 is 2.38 bits per heavy atom. The fourth-order valence-electron chi connectivity index (χ4n) is 2.78. The molecule has 1 saturated carbocycles. The molecule has 1 aliphatic rings. The molecule has 0 radical (unpaired) electrons. The Labute approximate surface area is 138 Å². The Hall–Kier alpha value is -2.12. The number of pyridine rings is 1. The summed E-state index contributed by atoms with van der Waals surface area (Å²) in [4.78, 5) is 27.6. The second-order valence-electron chi connectivity index (χ2n) is 5.95. The number of nitrogens with one attached hydrogen (secondary N) is 2. The fourth-order valence-corrected chi connectivity index (χ4v) is 2.78. The Bertz CT molecular complexity index is 563. The minimum atomic E-state index is -4.33. The topological polar surface area (TPSA) is 71.1 Å². The standard InChI is InChI=1S/C16H20F3N3O2/c17-16(18,19)7-4-14(23)21-12-2-1-3-13(10-12)22-15(24)11-5-8-20-9-6-11/h5-6,8-9,12-13H,1-4,7,10H2,(H,21,23)(H,22,24)/t12-,13-/m1/s1. The van der Waals surface area contributed by atoms with Crippen molar-refractivity contribution in [3.05, 3.63) is 30.1 Å². The van der Waals surface area contributed by atoms with Crippen LogP contribution < -0.4 is 10.6 Å². The molecule has 0 bridgehead atoms. The minimum absolute atomic E-state index is 0.104. The third-order valence-corrected chi connectivity index (χ3v) is 3.95. The lowest BCUT2D eigenvalue weighted by atomic mass is 9.90. The summed E-state index contributed by atoms with van der Waals surface area (Å²) in [6, 6.07) is 2.90. The molecule has 0 unspecified atom stereocenters. The van der Waals surface area contributed by atoms with Crippen LogP contribution in [0.3, 0.4) is 0 Å². The number of alkyl halides is 3. The maximum atomic E-state index is 12.1. The molecule has 1 aromatic rings. The van der Waals surface area contributed by atoms with Crippen molar-refractivity contribution >= 4 is 11.8 Å². The van der Waals surface area contributed by atoms with Gasteiger partial charge < -0.3 is 10.6 Å². The van der Waals surface area contributed by atoms with Crippen molar-refractivity contribution in [2.24, 2.45) is 0 Å². The van der Waals surface area contributed by atoms with Crippen LogP contribution in [0, 0.1) is 0 Å². The van der Waals surface area contributed by atoms with E-state index in [0.717, 1.165) is 12.8 Å². The van der Waals surface area contributed by atoms with Gasteiger partial charge in [0.25, 0.3) is 5.91 Å². The normalized spacial score (nSPS) is 21.1. The summed E-state index contributed by atoms with van der Waals surface area (Å²) in [6.07, 6.45) is -0.142. The highest BCUT2D eigenvalue weighted by Crippen LogP contribution is 2.22. The van der Waals surface area contributed by atoms with Crippen molar-refractivity contribution in [1.82, 2.24) is 15.6 Å². The molecule has 2 N–H and O–H groups in total. The zero-order valence-corrected chi connectivity index (χ0v) is 13.1. The number of hydrogen-bond acceptors (Lipinski definition) is 3. The van der Waals surface area contributed by atoms with Gasteiger partial charge >= 0.3 is 6.18 Å². The van der Waals surface area contributed by atoms with Crippen LogP contribution >= 0.6 is 0 Å². The molecule has 2 rings (SSSR count). The van der Waals surface area contributed by atoms with E-state index in [4.69, 9.17) is 0 Å². The second kappa shape index (κ2) is 8.12. The first kappa shape index (κ1) is 18.2. The first-order chi connectivity index (χ1) is 11.3. The summed E-state index contributed by atoms with van der Waals surface area (Å²) in [6.45, 7) is 0. The van der Waals surface area contributed by atoms with Gasteiger partial charge in [-0.05, 0) is 37.8 Å². The number of nitrogens with zero attached hydrogens (tertiary/aromatic N) is 1. The van der Waals surface area contributed by atoms with Gasteiger partial charge in [0, 0.05) is 36.5 Å². The SMILES string of the molecule is O=C(CCC(F)(F)F)N[C@@H]1CCC[C@@H](NC(=O)c2ccncc2)C1. The Kier molecular flexibility index (Phi) is 6.16. The third kappa shape index (κ3) is 6.17. The van der Waals surface area contributed by atoms with Crippen LogP contribution in [-0.2, 0) is 4.79 Å². The Morgan fingerprint density at radius 1 is 1.12 bits per heavy atom. The quantitative estimate of drug-likeness (QED) is 0.863. The van der Waals surface area contributed by atoms with Crippen molar-refractivity contribution in [2.75, 3.05) is 0 Å². The zero-order valence-electron chi connectivity index (χ0n) is 13.1. The zero-order chi connectivity index (χ0) is 17.6. The number of aromatic nitrogens is 1. The average Bonchev–Trinajstić information content (AvgIpc) is 2.53. The first-order valence-corrected chi connectivity index (χ1v) is 7.90. The van der Waals surface area contributed by atoms with Crippen LogP contribution in [-0.4, -0.2) is 35.1 Å². The van der Waals surface area contributed by atoms with Crippen molar-refractivity contribution in [2.45, 2.75) is 56.8 Å². The summed E-state index contributed by atoms with van der Waals surface area (Å²) >= 11 is 0. The molecule has 5 nitrogen and oxygen atoms in total. The van der Waals surface area contributed by atoms with E-state index in [2.05, 4.69) is 15.6 Å². The summed E-state index contributed by atoms with van der Waals surface area (Å²) in [5.74, 6) is -0.815. The predicted octanol–water partition coefficient (Wildman–Crippen LogP) is 2.58. The molecule has 1 aromatic heterocycles. The number of amides is 2. The molecule has 132 valence electrons. The highest BCUT2D eigenvalue weighted by molar-refractivity contribution is 5.94. The van der Waals surface area contributed by atoms with Gasteiger partial charge in [-0.1, -0.05) is 0 Å². The molecule has 1 heterocycles. The minimum Gasteiger partial charge on any atom is -0.353 e. The molecule has 2 atom stereocenters. The van der Waals surface area contributed by atoms with Gasteiger partial charge in [-0.15, -0.1) is 0 Å². The molecule has 24 heavy (non-hydrogen) atoms. The van der Waals surface area contributed by atoms with E-state index in [-0.39, 0.29) is 18.0 Å². The molecular formula is C16H20F3N3O2. The maximum absolute atomic E-state index is 12.1. The largest absolute Gasteiger partial charge is 0.389 e. The van der Waals surface area contributed by atoms with E-state index >= 15 is 0 Å². The predicted molar refractivity (Wildman–Crippen MR) is 81.2 cm³/mol. The van der Waals surface area contributed by atoms with Gasteiger partial charge in [-0.2, -0.15) is 13.2 Å². The van der Waals surface area contributed by atoms with Crippen molar-refractivity contribution in [3.63, 3.8) is 0 Å². The molecule has 0 spiro atoms. The number of hydrogen-bond donors (Lipinski definition) is 2. The van der Waals surface area contributed by atoms with E-state index in [1.54, 1.807) is 12.1 Å². The van der Waals surface area contributed by atoms with E-state index in [9.17, 15) is 22.8 Å².